The molecule has 3 N–H and O–H groups in total. The van der Waals surface area contributed by atoms with Crippen molar-refractivity contribution in [1.82, 2.24) is 0 Å². The van der Waals surface area contributed by atoms with Crippen LogP contribution >= 0.6 is 11.6 Å². The lowest BCUT2D eigenvalue weighted by atomic mass is 10.1. The fourth-order valence-electron chi connectivity index (χ4n) is 0.675. The molecule has 2 unspecified atom stereocenters. The molecule has 0 bridgehead atoms. The first kappa shape index (κ1) is 7.60. The van der Waals surface area contributed by atoms with E-state index in [0.29, 0.717) is 0 Å². The van der Waals surface area contributed by atoms with Gasteiger partial charge < -0.3 is 15.3 Å². The molecule has 10 heavy (non-hydrogen) atoms. The van der Waals surface area contributed by atoms with Gasteiger partial charge in [0.05, 0.1) is 0 Å². The number of hydrogen-bond donors (Lipinski definition) is 3. The van der Waals surface area contributed by atoms with E-state index in [4.69, 9.17) is 26.9 Å². The van der Waals surface area contributed by atoms with Crippen LogP contribution in [0.25, 0.3) is 0 Å². The van der Waals surface area contributed by atoms with Crippen LogP contribution in [0, 0.1) is 0 Å². The van der Waals surface area contributed by atoms with E-state index in [-0.39, 0.29) is 10.8 Å². The molecule has 3 nitrogen and oxygen atoms in total. The Kier molecular flexibility index (Phi) is 1.99. The Morgan fingerprint density at radius 1 is 1.20 bits per heavy atom. The second-order valence-corrected chi connectivity index (χ2v) is 2.47. The molecule has 0 amide bonds. The lowest BCUT2D eigenvalue weighted by Gasteiger charge is -2.19. The van der Waals surface area contributed by atoms with Gasteiger partial charge in [-0.2, -0.15) is 0 Å². The van der Waals surface area contributed by atoms with Crippen molar-refractivity contribution in [3.05, 3.63) is 22.9 Å². The largest absolute Gasteiger partial charge is 0.509 e. The maximum atomic E-state index is 8.97. The molecule has 0 radical (unpaired) electrons. The van der Waals surface area contributed by atoms with Gasteiger partial charge in [0.1, 0.15) is 18.0 Å². The first-order valence-corrected chi connectivity index (χ1v) is 3.13. The van der Waals surface area contributed by atoms with Crippen molar-refractivity contribution in [3.8, 4) is 0 Å². The van der Waals surface area contributed by atoms with E-state index in [1.165, 1.54) is 12.2 Å². The molecule has 0 aromatic heterocycles. The zero-order valence-corrected chi connectivity index (χ0v) is 5.78. The highest BCUT2D eigenvalue weighted by Gasteiger charge is 2.25. The van der Waals surface area contributed by atoms with Crippen LogP contribution in [-0.4, -0.2) is 27.5 Å². The average Bonchev–Trinajstić information content (AvgIpc) is 1.93. The number of aliphatic hydroxyl groups is 3. The molecule has 1 aliphatic carbocycles. The van der Waals surface area contributed by atoms with Crippen molar-refractivity contribution >= 4 is 11.6 Å². The van der Waals surface area contributed by atoms with Crippen molar-refractivity contribution in [1.29, 1.82) is 0 Å². The number of allylic oxidation sites excluding steroid dienone is 2. The standard InChI is InChI=1S/C6H7ClO3/c7-3-1-2-4(8)6(10)5(3)9/h1-2,5-6,8-10H. The Morgan fingerprint density at radius 3 is 2.30 bits per heavy atom. The summed E-state index contributed by atoms with van der Waals surface area (Å²) in [5.41, 5.74) is 0. The van der Waals surface area contributed by atoms with E-state index < -0.39 is 12.2 Å². The van der Waals surface area contributed by atoms with Gasteiger partial charge in [0, 0.05) is 5.03 Å². The van der Waals surface area contributed by atoms with Crippen LogP contribution in [0.5, 0.6) is 0 Å². The number of rotatable bonds is 0. The summed E-state index contributed by atoms with van der Waals surface area (Å²) >= 11 is 5.42. The SMILES string of the molecule is OC1=CC=C(Cl)C(O)C1O. The van der Waals surface area contributed by atoms with Crippen molar-refractivity contribution in [2.45, 2.75) is 12.2 Å². The highest BCUT2D eigenvalue weighted by molar-refractivity contribution is 6.30. The third kappa shape index (κ3) is 1.16. The summed E-state index contributed by atoms with van der Waals surface area (Å²) < 4.78 is 0. The highest BCUT2D eigenvalue weighted by atomic mass is 35.5. The average molecular weight is 163 g/mol. The normalized spacial score (nSPS) is 33.1. The third-order valence-corrected chi connectivity index (χ3v) is 1.65. The Labute approximate surface area is 62.9 Å². The summed E-state index contributed by atoms with van der Waals surface area (Å²) in [5.74, 6) is -0.267. The molecule has 4 heteroatoms. The first-order chi connectivity index (χ1) is 4.63. The topological polar surface area (TPSA) is 60.7 Å². The van der Waals surface area contributed by atoms with Gasteiger partial charge in [0.15, 0.2) is 0 Å². The highest BCUT2D eigenvalue weighted by Crippen LogP contribution is 2.20. The van der Waals surface area contributed by atoms with Gasteiger partial charge in [-0.25, -0.2) is 0 Å². The van der Waals surface area contributed by atoms with Gasteiger partial charge in [-0.15, -0.1) is 0 Å². The summed E-state index contributed by atoms with van der Waals surface area (Å²) in [6, 6.07) is 0. The minimum atomic E-state index is -1.28. The van der Waals surface area contributed by atoms with Crippen molar-refractivity contribution in [2.24, 2.45) is 0 Å². The minimum Gasteiger partial charge on any atom is -0.509 e. The molecule has 0 heterocycles. The molecule has 0 saturated heterocycles. The molecule has 0 saturated carbocycles. The fourth-order valence-corrected chi connectivity index (χ4v) is 0.857. The predicted molar refractivity (Wildman–Crippen MR) is 36.7 cm³/mol. The molecule has 1 rings (SSSR count). The molecule has 56 valence electrons. The van der Waals surface area contributed by atoms with Gasteiger partial charge in [0.2, 0.25) is 0 Å². The van der Waals surface area contributed by atoms with Crippen molar-refractivity contribution in [2.75, 3.05) is 0 Å². The molecule has 0 aromatic rings. The molecule has 0 aromatic carbocycles. The lowest BCUT2D eigenvalue weighted by Crippen LogP contribution is -2.30. The van der Waals surface area contributed by atoms with Gasteiger partial charge in [-0.05, 0) is 12.2 Å². The fraction of sp³-hybridized carbons (Fsp3) is 0.333. The quantitative estimate of drug-likeness (QED) is 0.480. The maximum Gasteiger partial charge on any atom is 0.142 e. The van der Waals surface area contributed by atoms with E-state index in [1.54, 1.807) is 0 Å². The predicted octanol–water partition coefficient (Wildman–Crippen LogP) is 0.286. The monoisotopic (exact) mass is 162 g/mol. The minimum absolute atomic E-state index is 0.130. The van der Waals surface area contributed by atoms with Crippen LogP contribution in [0.2, 0.25) is 0 Å². The van der Waals surface area contributed by atoms with Crippen LogP contribution < -0.4 is 0 Å². The summed E-state index contributed by atoms with van der Waals surface area (Å²) in [5, 5.41) is 26.8. The van der Waals surface area contributed by atoms with Gasteiger partial charge in [-0.1, -0.05) is 11.6 Å². The van der Waals surface area contributed by atoms with Gasteiger partial charge >= 0.3 is 0 Å². The van der Waals surface area contributed by atoms with Crippen molar-refractivity contribution in [3.63, 3.8) is 0 Å². The molecular weight excluding hydrogens is 156 g/mol. The van der Waals surface area contributed by atoms with Crippen LogP contribution in [0.1, 0.15) is 0 Å². The summed E-state index contributed by atoms with van der Waals surface area (Å²) in [7, 11) is 0. The second kappa shape index (κ2) is 2.62. The Hall–Kier alpha value is -0.510. The molecule has 2 atom stereocenters. The summed E-state index contributed by atoms with van der Waals surface area (Å²) in [4.78, 5) is 0. The Bertz CT molecular complexity index is 175. The first-order valence-electron chi connectivity index (χ1n) is 2.75. The van der Waals surface area contributed by atoms with Crippen LogP contribution in [0.15, 0.2) is 22.9 Å². The lowest BCUT2D eigenvalue weighted by molar-refractivity contribution is 0.0407. The van der Waals surface area contributed by atoms with Crippen molar-refractivity contribution < 1.29 is 15.3 Å². The van der Waals surface area contributed by atoms with E-state index in [1.807, 2.05) is 0 Å². The van der Waals surface area contributed by atoms with Gasteiger partial charge in [-0.3, -0.25) is 0 Å². The summed E-state index contributed by atoms with van der Waals surface area (Å²) in [6.07, 6.45) is 0.123. The van der Waals surface area contributed by atoms with E-state index in [9.17, 15) is 0 Å². The van der Waals surface area contributed by atoms with E-state index in [2.05, 4.69) is 0 Å². The number of halogens is 1. The van der Waals surface area contributed by atoms with Gasteiger partial charge in [0.25, 0.3) is 0 Å². The zero-order chi connectivity index (χ0) is 7.72. The molecule has 0 fully saturated rings. The molecular formula is C6H7ClO3. The van der Waals surface area contributed by atoms with Crippen LogP contribution in [0.4, 0.5) is 0 Å². The maximum absolute atomic E-state index is 8.97. The van der Waals surface area contributed by atoms with E-state index in [0.717, 1.165) is 0 Å². The molecule has 0 spiro atoms. The Balaban J connectivity index is 2.86. The molecule has 0 aliphatic heterocycles. The van der Waals surface area contributed by atoms with E-state index >= 15 is 0 Å². The smallest absolute Gasteiger partial charge is 0.142 e. The van der Waals surface area contributed by atoms with Crippen LogP contribution in [-0.2, 0) is 0 Å². The third-order valence-electron chi connectivity index (χ3n) is 1.30. The number of hydrogen-bond acceptors (Lipinski definition) is 3. The zero-order valence-electron chi connectivity index (χ0n) is 5.03. The van der Waals surface area contributed by atoms with Crippen LogP contribution in [0.3, 0.4) is 0 Å². The summed E-state index contributed by atoms with van der Waals surface area (Å²) in [6.45, 7) is 0. The molecule has 1 aliphatic rings. The Morgan fingerprint density at radius 2 is 1.80 bits per heavy atom. The number of aliphatic hydroxyl groups excluding tert-OH is 3. The second-order valence-electron chi connectivity index (χ2n) is 2.03.